The summed E-state index contributed by atoms with van der Waals surface area (Å²) in [5, 5.41) is 48.9. The number of phenols is 4. The quantitative estimate of drug-likeness (QED) is 0.0750. The molecule has 8 aromatic rings. The Morgan fingerprint density at radius 3 is 0.782 bits per heavy atom. The molecule has 0 spiro atoms. The van der Waals surface area contributed by atoms with E-state index < -0.39 is 17.8 Å². The van der Waals surface area contributed by atoms with Gasteiger partial charge >= 0.3 is 0 Å². The normalized spacial score (nSPS) is 13.0. The molecule has 8 rings (SSSR count). The van der Waals surface area contributed by atoms with Gasteiger partial charge in [-0.3, -0.25) is 0 Å². The first-order valence-corrected chi connectivity index (χ1v) is 26.8. The Kier molecular flexibility index (Phi) is 16.1. The van der Waals surface area contributed by atoms with Crippen LogP contribution in [-0.2, 0) is 0 Å². The zero-order valence-corrected chi connectivity index (χ0v) is 49.0. The molecular weight excluding hydrogens is 969 g/mol. The van der Waals surface area contributed by atoms with Crippen LogP contribution in [0.15, 0.2) is 97.1 Å². The van der Waals surface area contributed by atoms with Gasteiger partial charge in [0.05, 0.1) is 28.4 Å². The predicted octanol–water partition coefficient (Wildman–Crippen LogP) is 16.2. The summed E-state index contributed by atoms with van der Waals surface area (Å²) in [4.78, 5) is 0. The molecule has 0 aliphatic rings. The van der Waals surface area contributed by atoms with Crippen molar-refractivity contribution in [3.63, 3.8) is 0 Å². The molecule has 0 bridgehead atoms. The Morgan fingerprint density at radius 2 is 0.462 bits per heavy atom. The van der Waals surface area contributed by atoms with E-state index in [1.807, 2.05) is 25.1 Å². The number of hydrogen-bond acceptors (Lipinski definition) is 8. The van der Waals surface area contributed by atoms with Crippen molar-refractivity contribution in [1.82, 2.24) is 0 Å². The van der Waals surface area contributed by atoms with E-state index in [0.717, 1.165) is 83.5 Å². The van der Waals surface area contributed by atoms with Crippen molar-refractivity contribution in [2.75, 3.05) is 28.4 Å². The average molecular weight is 1050 g/mol. The topological polar surface area (TPSA) is 118 Å². The Labute approximate surface area is 462 Å². The third-order valence-electron chi connectivity index (χ3n) is 16.9. The number of hydrogen-bond donors (Lipinski definition) is 4. The van der Waals surface area contributed by atoms with E-state index in [1.165, 1.54) is 22.3 Å². The van der Waals surface area contributed by atoms with Gasteiger partial charge in [0.15, 0.2) is 0 Å². The van der Waals surface area contributed by atoms with E-state index in [0.29, 0.717) is 50.8 Å². The minimum absolute atomic E-state index is 0.00231. The van der Waals surface area contributed by atoms with Gasteiger partial charge in [-0.1, -0.05) is 55.5 Å². The number of phenolic OH excluding ortho intramolecular Hbond substituents is 4. The summed E-state index contributed by atoms with van der Waals surface area (Å²) in [6.45, 7) is 29.3. The van der Waals surface area contributed by atoms with Crippen LogP contribution in [-0.4, -0.2) is 48.9 Å². The summed E-state index contributed by atoms with van der Waals surface area (Å²) in [6.07, 6.45) is 0. The number of aryl methyl sites for hydroxylation is 13. The number of aromatic hydroxyl groups is 4. The van der Waals surface area contributed by atoms with Gasteiger partial charge in [-0.15, -0.1) is 0 Å². The highest BCUT2D eigenvalue weighted by molar-refractivity contribution is 5.67. The van der Waals surface area contributed by atoms with Crippen LogP contribution in [0, 0.1) is 90.0 Å². The second-order valence-electron chi connectivity index (χ2n) is 22.0. The second-order valence-corrected chi connectivity index (χ2v) is 22.0. The van der Waals surface area contributed by atoms with Crippen LogP contribution in [0.5, 0.6) is 46.0 Å². The van der Waals surface area contributed by atoms with Crippen molar-refractivity contribution in [3.05, 3.63) is 231 Å². The van der Waals surface area contributed by atoms with Gasteiger partial charge in [0, 0.05) is 86.9 Å². The highest BCUT2D eigenvalue weighted by atomic mass is 16.5. The van der Waals surface area contributed by atoms with Gasteiger partial charge in [0.25, 0.3) is 0 Å². The fourth-order valence-electron chi connectivity index (χ4n) is 11.9. The monoisotopic (exact) mass is 1050 g/mol. The van der Waals surface area contributed by atoms with E-state index in [4.69, 9.17) is 18.9 Å². The van der Waals surface area contributed by atoms with Crippen LogP contribution in [0.4, 0.5) is 0 Å². The molecule has 4 atom stereocenters. The van der Waals surface area contributed by atoms with E-state index in [9.17, 15) is 20.4 Å². The first-order chi connectivity index (χ1) is 36.9. The first kappa shape index (κ1) is 56.4. The molecule has 0 amide bonds. The third kappa shape index (κ3) is 10.4. The molecule has 0 saturated heterocycles. The molecule has 0 heterocycles. The lowest BCUT2D eigenvalue weighted by Crippen LogP contribution is -2.14. The maximum atomic E-state index is 12.8. The van der Waals surface area contributed by atoms with E-state index >= 15 is 0 Å². The molecule has 0 radical (unpaired) electrons. The highest BCUT2D eigenvalue weighted by Gasteiger charge is 2.35. The van der Waals surface area contributed by atoms with Crippen LogP contribution in [0.1, 0.15) is 164 Å². The SMILES string of the molecule is COc1cc(O)c(C(c2cc(C)c(C)cc2C)c2cc(C(c3cc(C)c(C)cc3C)c3cc(C(c4cc(C)c(C)cc4C)c4cc(C)c(O)cc4OC)c(O)cc3OC)c(O)cc2OC)cc1C(C)c1cc(C)c(C)cc1C. The van der Waals surface area contributed by atoms with Gasteiger partial charge < -0.3 is 39.4 Å². The molecule has 8 aromatic carbocycles. The molecule has 0 aromatic heterocycles. The van der Waals surface area contributed by atoms with Gasteiger partial charge in [-0.25, -0.2) is 0 Å². The van der Waals surface area contributed by atoms with E-state index in [2.05, 4.69) is 145 Å². The summed E-state index contributed by atoms with van der Waals surface area (Å²) in [6, 6.07) is 32.4. The van der Waals surface area contributed by atoms with Crippen molar-refractivity contribution < 1.29 is 39.4 Å². The fourth-order valence-corrected chi connectivity index (χ4v) is 11.9. The number of benzene rings is 8. The Morgan fingerprint density at radius 1 is 0.231 bits per heavy atom. The summed E-state index contributed by atoms with van der Waals surface area (Å²) < 4.78 is 24.8. The Bertz CT molecular complexity index is 3640. The van der Waals surface area contributed by atoms with Crippen LogP contribution in [0.25, 0.3) is 0 Å². The fraction of sp³-hybridized carbons (Fsp3) is 0.314. The van der Waals surface area contributed by atoms with Gasteiger partial charge in [-0.2, -0.15) is 0 Å². The second kappa shape index (κ2) is 22.3. The third-order valence-corrected chi connectivity index (χ3v) is 16.9. The molecule has 4 N–H and O–H groups in total. The smallest absolute Gasteiger partial charge is 0.126 e. The Hall–Kier alpha value is -7.84. The zero-order chi connectivity index (χ0) is 56.9. The van der Waals surface area contributed by atoms with Crippen molar-refractivity contribution in [2.24, 2.45) is 0 Å². The summed E-state index contributed by atoms with van der Waals surface area (Å²) in [5.41, 5.74) is 22.8. The zero-order valence-electron chi connectivity index (χ0n) is 49.0. The molecule has 8 nitrogen and oxygen atoms in total. The van der Waals surface area contributed by atoms with Gasteiger partial charge in [0.2, 0.25) is 0 Å². The van der Waals surface area contributed by atoms with E-state index in [-0.39, 0.29) is 28.9 Å². The van der Waals surface area contributed by atoms with Gasteiger partial charge in [-0.05, 0) is 209 Å². The largest absolute Gasteiger partial charge is 0.508 e. The molecule has 0 saturated carbocycles. The lowest BCUT2D eigenvalue weighted by atomic mass is 9.75. The van der Waals surface area contributed by atoms with Crippen LogP contribution < -0.4 is 18.9 Å². The maximum Gasteiger partial charge on any atom is 0.126 e. The summed E-state index contributed by atoms with van der Waals surface area (Å²) >= 11 is 0. The molecule has 0 aliphatic carbocycles. The summed E-state index contributed by atoms with van der Waals surface area (Å²) in [7, 11) is 6.44. The lowest BCUT2D eigenvalue weighted by Gasteiger charge is -2.31. The van der Waals surface area contributed by atoms with Crippen LogP contribution in [0.3, 0.4) is 0 Å². The molecule has 4 unspecified atom stereocenters. The number of methoxy groups -OCH3 is 4. The lowest BCUT2D eigenvalue weighted by molar-refractivity contribution is 0.395. The number of rotatable bonds is 15. The Balaban J connectivity index is 1.49. The molecule has 0 fully saturated rings. The first-order valence-electron chi connectivity index (χ1n) is 26.8. The summed E-state index contributed by atoms with van der Waals surface area (Å²) in [5.74, 6) is -0.0187. The minimum atomic E-state index is -0.706. The molecular formula is C70H78O8. The maximum absolute atomic E-state index is 12.8. The molecule has 78 heavy (non-hydrogen) atoms. The van der Waals surface area contributed by atoms with Crippen molar-refractivity contribution in [3.8, 4) is 46.0 Å². The van der Waals surface area contributed by atoms with Crippen molar-refractivity contribution >= 4 is 0 Å². The predicted molar refractivity (Wildman–Crippen MR) is 316 cm³/mol. The molecule has 0 aliphatic heterocycles. The van der Waals surface area contributed by atoms with Gasteiger partial charge in [0.1, 0.15) is 46.0 Å². The average Bonchev–Trinajstić information content (AvgIpc) is 3.58. The molecule has 8 heteroatoms. The van der Waals surface area contributed by atoms with Crippen molar-refractivity contribution in [2.45, 2.75) is 121 Å². The van der Waals surface area contributed by atoms with Crippen molar-refractivity contribution in [1.29, 1.82) is 0 Å². The van der Waals surface area contributed by atoms with Crippen LogP contribution >= 0.6 is 0 Å². The molecule has 406 valence electrons. The minimum Gasteiger partial charge on any atom is -0.508 e. The number of ether oxygens (including phenoxy) is 4. The van der Waals surface area contributed by atoms with Crippen LogP contribution in [0.2, 0.25) is 0 Å². The highest BCUT2D eigenvalue weighted by Crippen LogP contribution is 2.53. The standard InChI is InChI=1S/C70H78O8/c1-35-19-43(9)49(23-39(35)5)48(14)53-28-54(61(72)32-64(53)75-15)69(51-25-41(7)37(3)21-45(51)11)58-30-56(63(74)34-66(58)77-17)70(52-26-42(8)38(4)22-46(52)12)59-29-55(62(73)33-67(59)78-18)68(50-24-40(6)36(2)20-44(50)10)57-27-47(13)60(71)31-65(57)76-16/h19-34,48,68-74H,1-18H3. The van der Waals surface area contributed by atoms with E-state index in [1.54, 1.807) is 52.7 Å².